The summed E-state index contributed by atoms with van der Waals surface area (Å²) in [6.07, 6.45) is 1.00. The molecular weight excluding hydrogens is 338 g/mol. The summed E-state index contributed by atoms with van der Waals surface area (Å²) in [5, 5.41) is 6.95. The minimum Gasteiger partial charge on any atom is -0.496 e. The highest BCUT2D eigenvalue weighted by Crippen LogP contribution is 2.32. The number of aliphatic imine (C=N–C) groups is 1. The van der Waals surface area contributed by atoms with Gasteiger partial charge in [-0.2, -0.15) is 0 Å². The number of hydrogen-bond donors (Lipinski definition) is 2. The van der Waals surface area contributed by atoms with Crippen molar-refractivity contribution in [2.45, 2.75) is 32.2 Å². The van der Waals surface area contributed by atoms with Crippen molar-refractivity contribution in [2.75, 3.05) is 27.3 Å². The van der Waals surface area contributed by atoms with Crippen LogP contribution in [0.3, 0.4) is 0 Å². The Morgan fingerprint density at radius 1 is 1.30 bits per heavy atom. The lowest BCUT2D eigenvalue weighted by Gasteiger charge is -2.27. The molecule has 5 heteroatoms. The van der Waals surface area contributed by atoms with Crippen molar-refractivity contribution < 1.29 is 9.47 Å². The third-order valence-corrected chi connectivity index (χ3v) is 5.03. The topological polar surface area (TPSA) is 54.9 Å². The molecule has 0 fully saturated rings. The van der Waals surface area contributed by atoms with Crippen LogP contribution in [0, 0.1) is 6.92 Å². The van der Waals surface area contributed by atoms with E-state index in [4.69, 9.17) is 9.47 Å². The first kappa shape index (κ1) is 19.1. The second-order valence-corrected chi connectivity index (χ2v) is 6.94. The Bertz CT molecular complexity index is 804. The van der Waals surface area contributed by atoms with Gasteiger partial charge in [0.15, 0.2) is 5.96 Å². The molecule has 1 aliphatic heterocycles. The Hall–Kier alpha value is -2.69. The van der Waals surface area contributed by atoms with Gasteiger partial charge in [0.05, 0.1) is 19.8 Å². The molecule has 2 atom stereocenters. The molecule has 2 unspecified atom stereocenters. The molecule has 0 amide bonds. The molecule has 5 nitrogen and oxygen atoms in total. The van der Waals surface area contributed by atoms with Gasteiger partial charge in [-0.05, 0) is 38.0 Å². The van der Waals surface area contributed by atoms with Gasteiger partial charge in [-0.15, -0.1) is 0 Å². The van der Waals surface area contributed by atoms with Gasteiger partial charge in [0.2, 0.25) is 0 Å². The Morgan fingerprint density at radius 2 is 2.11 bits per heavy atom. The lowest BCUT2D eigenvalue weighted by atomic mass is 9.93. The summed E-state index contributed by atoms with van der Waals surface area (Å²) in [5.41, 5.74) is 3.60. The van der Waals surface area contributed by atoms with Crippen molar-refractivity contribution >= 4 is 5.96 Å². The van der Waals surface area contributed by atoms with Gasteiger partial charge in [-0.3, -0.25) is 4.99 Å². The van der Waals surface area contributed by atoms with E-state index in [1.807, 2.05) is 18.2 Å². The molecule has 0 bridgehead atoms. The number of aryl methyl sites for hydroxylation is 1. The smallest absolute Gasteiger partial charge is 0.191 e. The lowest BCUT2D eigenvalue weighted by molar-refractivity contribution is 0.267. The van der Waals surface area contributed by atoms with Gasteiger partial charge in [-0.25, -0.2) is 0 Å². The fourth-order valence-electron chi connectivity index (χ4n) is 3.52. The molecule has 0 radical (unpaired) electrons. The van der Waals surface area contributed by atoms with Crippen LogP contribution in [0.5, 0.6) is 11.5 Å². The first-order valence-electron chi connectivity index (χ1n) is 9.45. The Labute approximate surface area is 161 Å². The van der Waals surface area contributed by atoms with Gasteiger partial charge >= 0.3 is 0 Å². The van der Waals surface area contributed by atoms with Crippen molar-refractivity contribution in [3.63, 3.8) is 0 Å². The van der Waals surface area contributed by atoms with E-state index in [0.717, 1.165) is 42.6 Å². The predicted octanol–water partition coefficient (Wildman–Crippen LogP) is 3.80. The number of para-hydroxylation sites is 1. The van der Waals surface area contributed by atoms with Crippen LogP contribution in [0.2, 0.25) is 0 Å². The molecule has 1 heterocycles. The fraction of sp³-hybridized carbons (Fsp3) is 0.409. The zero-order valence-corrected chi connectivity index (χ0v) is 16.6. The van der Waals surface area contributed by atoms with E-state index in [2.05, 4.69) is 53.7 Å². The molecule has 1 aliphatic rings. The second kappa shape index (κ2) is 8.80. The summed E-state index contributed by atoms with van der Waals surface area (Å²) < 4.78 is 11.3. The molecule has 0 saturated heterocycles. The number of methoxy groups -OCH3 is 1. The minimum absolute atomic E-state index is 0.0769. The normalized spacial score (nSPS) is 17.5. The Morgan fingerprint density at radius 3 is 2.89 bits per heavy atom. The highest BCUT2D eigenvalue weighted by molar-refractivity contribution is 5.80. The van der Waals surface area contributed by atoms with Crippen molar-refractivity contribution in [1.82, 2.24) is 10.6 Å². The van der Waals surface area contributed by atoms with Gasteiger partial charge < -0.3 is 20.1 Å². The monoisotopic (exact) mass is 367 g/mol. The van der Waals surface area contributed by atoms with Crippen molar-refractivity contribution in [3.8, 4) is 11.5 Å². The largest absolute Gasteiger partial charge is 0.496 e. The number of nitrogens with one attached hydrogen (secondary N) is 2. The molecular formula is C22H29N3O2. The third-order valence-electron chi connectivity index (χ3n) is 5.03. The number of guanidine groups is 1. The Balaban J connectivity index is 1.65. The van der Waals surface area contributed by atoms with E-state index in [1.165, 1.54) is 11.1 Å². The molecule has 144 valence electrons. The number of nitrogens with zero attached hydrogens (tertiary/aromatic N) is 1. The van der Waals surface area contributed by atoms with E-state index in [1.54, 1.807) is 14.2 Å². The van der Waals surface area contributed by atoms with Gasteiger partial charge in [0.25, 0.3) is 0 Å². The quantitative estimate of drug-likeness (QED) is 0.623. The van der Waals surface area contributed by atoms with Crippen LogP contribution in [0.1, 0.15) is 42.0 Å². The summed E-state index contributed by atoms with van der Waals surface area (Å²) in [7, 11) is 3.50. The maximum Gasteiger partial charge on any atom is 0.191 e. The van der Waals surface area contributed by atoms with Crippen LogP contribution in [0.15, 0.2) is 47.5 Å². The molecule has 2 aromatic rings. The number of fused-ring (bicyclic) bond motifs is 1. The first-order chi connectivity index (χ1) is 13.1. The van der Waals surface area contributed by atoms with Crippen LogP contribution in [-0.2, 0) is 0 Å². The van der Waals surface area contributed by atoms with Crippen molar-refractivity contribution in [3.05, 3.63) is 59.2 Å². The molecule has 3 rings (SSSR count). The van der Waals surface area contributed by atoms with E-state index in [-0.39, 0.29) is 6.04 Å². The predicted molar refractivity (Wildman–Crippen MR) is 110 cm³/mol. The maximum absolute atomic E-state index is 5.76. The minimum atomic E-state index is 0.0769. The molecule has 27 heavy (non-hydrogen) atoms. The number of rotatable bonds is 5. The molecule has 0 aliphatic carbocycles. The zero-order chi connectivity index (χ0) is 19.2. The first-order valence-corrected chi connectivity index (χ1v) is 9.45. The van der Waals surface area contributed by atoms with Gasteiger partial charge in [0, 0.05) is 25.1 Å². The van der Waals surface area contributed by atoms with Gasteiger partial charge in [-0.1, -0.05) is 35.9 Å². The average Bonchev–Trinajstić information content (AvgIpc) is 2.70. The highest BCUT2D eigenvalue weighted by atomic mass is 16.5. The summed E-state index contributed by atoms with van der Waals surface area (Å²) in [5.74, 6) is 3.08. The molecule has 0 spiro atoms. The van der Waals surface area contributed by atoms with E-state index in [0.29, 0.717) is 5.92 Å². The highest BCUT2D eigenvalue weighted by Gasteiger charge is 2.21. The Kier molecular flexibility index (Phi) is 6.22. The molecule has 0 saturated carbocycles. The molecule has 2 N–H and O–H groups in total. The van der Waals surface area contributed by atoms with E-state index in [9.17, 15) is 0 Å². The fourth-order valence-corrected chi connectivity index (χ4v) is 3.52. The van der Waals surface area contributed by atoms with Crippen LogP contribution in [0.4, 0.5) is 0 Å². The van der Waals surface area contributed by atoms with Crippen LogP contribution >= 0.6 is 0 Å². The number of ether oxygens (including phenoxy) is 2. The van der Waals surface area contributed by atoms with Crippen LogP contribution in [-0.4, -0.2) is 33.3 Å². The SMILES string of the molecule is CN=C(NCC1CCOc2ccccc21)NC(C)c1cc(C)ccc1OC. The van der Waals surface area contributed by atoms with E-state index >= 15 is 0 Å². The number of hydrogen-bond acceptors (Lipinski definition) is 3. The van der Waals surface area contributed by atoms with Crippen molar-refractivity contribution in [1.29, 1.82) is 0 Å². The third kappa shape index (κ3) is 4.54. The zero-order valence-electron chi connectivity index (χ0n) is 16.6. The second-order valence-electron chi connectivity index (χ2n) is 6.94. The standard InChI is InChI=1S/C22H29N3O2/c1-15-9-10-20(26-4)19(13-15)16(2)25-22(23-3)24-14-17-11-12-27-21-8-6-5-7-18(17)21/h5-10,13,16-17H,11-12,14H2,1-4H3,(H2,23,24,25). The molecule has 2 aromatic carbocycles. The summed E-state index contributed by atoms with van der Waals surface area (Å²) in [6.45, 7) is 5.78. The lowest BCUT2D eigenvalue weighted by Crippen LogP contribution is -2.41. The summed E-state index contributed by atoms with van der Waals surface area (Å²) in [6, 6.07) is 14.6. The van der Waals surface area contributed by atoms with Crippen LogP contribution < -0.4 is 20.1 Å². The van der Waals surface area contributed by atoms with Crippen molar-refractivity contribution in [2.24, 2.45) is 4.99 Å². The number of benzene rings is 2. The van der Waals surface area contributed by atoms with Gasteiger partial charge in [0.1, 0.15) is 11.5 Å². The van der Waals surface area contributed by atoms with Crippen LogP contribution in [0.25, 0.3) is 0 Å². The summed E-state index contributed by atoms with van der Waals surface area (Å²) >= 11 is 0. The van der Waals surface area contributed by atoms with E-state index < -0.39 is 0 Å². The average molecular weight is 367 g/mol. The molecule has 0 aromatic heterocycles. The summed E-state index contributed by atoms with van der Waals surface area (Å²) in [4.78, 5) is 4.39. The maximum atomic E-state index is 5.76.